The summed E-state index contributed by atoms with van der Waals surface area (Å²) >= 11 is 0. The number of pyridine rings is 1. The molecule has 0 saturated heterocycles. The number of hydrogen-bond acceptors (Lipinski definition) is 5. The zero-order chi connectivity index (χ0) is 20.7. The van der Waals surface area contributed by atoms with E-state index < -0.39 is 0 Å². The van der Waals surface area contributed by atoms with Gasteiger partial charge in [-0.05, 0) is 56.0 Å². The third-order valence-corrected chi connectivity index (χ3v) is 5.29. The molecular formula is C22H21N5O3. The fraction of sp³-hybridized carbons (Fsp3) is 0.273. The molecule has 152 valence electrons. The molecule has 2 amide bonds. The second kappa shape index (κ2) is 7.29. The van der Waals surface area contributed by atoms with Gasteiger partial charge in [0, 0.05) is 41.7 Å². The van der Waals surface area contributed by atoms with E-state index in [0.717, 1.165) is 31.4 Å². The first kappa shape index (κ1) is 18.4. The second-order valence-electron chi connectivity index (χ2n) is 7.79. The van der Waals surface area contributed by atoms with Crippen LogP contribution in [0.25, 0.3) is 11.3 Å². The number of anilines is 1. The first-order valence-electron chi connectivity index (χ1n) is 10.0. The third kappa shape index (κ3) is 3.76. The van der Waals surface area contributed by atoms with Crippen LogP contribution in [0, 0.1) is 0 Å². The average molecular weight is 403 g/mol. The highest BCUT2D eigenvalue weighted by molar-refractivity contribution is 6.04. The lowest BCUT2D eigenvalue weighted by atomic mass is 10.1. The maximum Gasteiger partial charge on any atom is 0.342 e. The number of hydrogen-bond donors (Lipinski definition) is 3. The number of phenols is 1. The van der Waals surface area contributed by atoms with Gasteiger partial charge in [-0.25, -0.2) is 4.79 Å². The molecule has 3 aromatic rings. The van der Waals surface area contributed by atoms with Gasteiger partial charge in [0.1, 0.15) is 5.75 Å². The van der Waals surface area contributed by atoms with Gasteiger partial charge >= 0.3 is 6.03 Å². The van der Waals surface area contributed by atoms with Gasteiger partial charge in [-0.1, -0.05) is 0 Å². The summed E-state index contributed by atoms with van der Waals surface area (Å²) in [6, 6.07) is 10.1. The van der Waals surface area contributed by atoms with Crippen LogP contribution in [0.3, 0.4) is 0 Å². The number of carbonyl (C=O) groups excluding carboxylic acids is 2. The van der Waals surface area contributed by atoms with E-state index in [1.165, 1.54) is 16.9 Å². The maximum atomic E-state index is 12.6. The van der Waals surface area contributed by atoms with Crippen molar-refractivity contribution < 1.29 is 14.7 Å². The fourth-order valence-corrected chi connectivity index (χ4v) is 3.35. The minimum absolute atomic E-state index is 0.0198. The summed E-state index contributed by atoms with van der Waals surface area (Å²) in [6.45, 7) is 0. The molecule has 2 aromatic heterocycles. The minimum atomic E-state index is -0.313. The fourth-order valence-electron chi connectivity index (χ4n) is 3.35. The van der Waals surface area contributed by atoms with Crippen LogP contribution in [0.4, 0.5) is 10.5 Å². The molecule has 2 heterocycles. The first-order chi connectivity index (χ1) is 14.6. The van der Waals surface area contributed by atoms with E-state index >= 15 is 0 Å². The number of aromatic hydroxyl groups is 1. The van der Waals surface area contributed by atoms with Crippen molar-refractivity contribution in [2.45, 2.75) is 37.6 Å². The van der Waals surface area contributed by atoms with Gasteiger partial charge in [-0.3, -0.25) is 9.78 Å². The van der Waals surface area contributed by atoms with Crippen molar-refractivity contribution in [3.05, 3.63) is 60.0 Å². The number of nitrogens with zero attached hydrogens (tertiary/aromatic N) is 3. The SMILES string of the molecule is O=C(Nc1ccc(-c2cc(C3CC3)n(C(=O)NC3CC3)n2)c(O)c1)c1cccnc1. The summed E-state index contributed by atoms with van der Waals surface area (Å²) in [5, 5.41) is 20.7. The highest BCUT2D eigenvalue weighted by atomic mass is 16.3. The Kier molecular flexibility index (Phi) is 4.46. The molecule has 1 aromatic carbocycles. The molecule has 0 bridgehead atoms. The van der Waals surface area contributed by atoms with Crippen LogP contribution in [-0.2, 0) is 0 Å². The predicted octanol–water partition coefficient (Wildman–Crippen LogP) is 3.50. The number of phenolic OH excluding ortho intramolecular Hbond substituents is 1. The molecule has 2 aliphatic rings. The number of nitrogens with one attached hydrogen (secondary N) is 2. The van der Waals surface area contributed by atoms with Gasteiger partial charge in [0.25, 0.3) is 5.91 Å². The summed E-state index contributed by atoms with van der Waals surface area (Å²) in [7, 11) is 0. The topological polar surface area (TPSA) is 109 Å². The van der Waals surface area contributed by atoms with Crippen molar-refractivity contribution in [1.82, 2.24) is 20.1 Å². The van der Waals surface area contributed by atoms with E-state index in [9.17, 15) is 14.7 Å². The van der Waals surface area contributed by atoms with E-state index in [1.54, 1.807) is 30.5 Å². The quantitative estimate of drug-likeness (QED) is 0.604. The summed E-state index contributed by atoms with van der Waals surface area (Å²) < 4.78 is 1.43. The van der Waals surface area contributed by atoms with Crippen molar-refractivity contribution in [1.29, 1.82) is 0 Å². The molecule has 0 spiro atoms. The van der Waals surface area contributed by atoms with Crippen molar-refractivity contribution in [3.63, 3.8) is 0 Å². The lowest BCUT2D eigenvalue weighted by Gasteiger charge is -2.08. The second-order valence-corrected chi connectivity index (χ2v) is 7.79. The number of carbonyl (C=O) groups is 2. The Morgan fingerprint density at radius 2 is 1.93 bits per heavy atom. The van der Waals surface area contributed by atoms with Gasteiger partial charge in [-0.2, -0.15) is 9.78 Å². The predicted molar refractivity (Wildman–Crippen MR) is 110 cm³/mol. The van der Waals surface area contributed by atoms with E-state index in [0.29, 0.717) is 28.4 Å². The highest BCUT2D eigenvalue weighted by Crippen LogP contribution is 2.42. The van der Waals surface area contributed by atoms with Crippen molar-refractivity contribution in [2.24, 2.45) is 0 Å². The Balaban J connectivity index is 1.39. The van der Waals surface area contributed by atoms with Crippen LogP contribution in [-0.4, -0.2) is 37.9 Å². The summed E-state index contributed by atoms with van der Waals surface area (Å²) in [5.41, 5.74) is 2.80. The number of aromatic nitrogens is 3. The molecule has 0 unspecified atom stereocenters. The largest absolute Gasteiger partial charge is 0.507 e. The molecule has 8 heteroatoms. The van der Waals surface area contributed by atoms with Gasteiger partial charge < -0.3 is 15.7 Å². The molecule has 30 heavy (non-hydrogen) atoms. The smallest absolute Gasteiger partial charge is 0.342 e. The van der Waals surface area contributed by atoms with Gasteiger partial charge in [-0.15, -0.1) is 0 Å². The van der Waals surface area contributed by atoms with Crippen LogP contribution < -0.4 is 10.6 Å². The van der Waals surface area contributed by atoms with Crippen LogP contribution >= 0.6 is 0 Å². The van der Waals surface area contributed by atoms with Gasteiger partial charge in [0.2, 0.25) is 0 Å². The number of rotatable bonds is 5. The zero-order valence-electron chi connectivity index (χ0n) is 16.2. The summed E-state index contributed by atoms with van der Waals surface area (Å²) in [6.07, 6.45) is 7.15. The molecule has 0 aliphatic heterocycles. The van der Waals surface area contributed by atoms with Gasteiger partial charge in [0.15, 0.2) is 0 Å². The van der Waals surface area contributed by atoms with Crippen molar-refractivity contribution in [3.8, 4) is 17.0 Å². The number of benzene rings is 1. The first-order valence-corrected chi connectivity index (χ1v) is 10.0. The Bertz CT molecular complexity index is 1120. The monoisotopic (exact) mass is 403 g/mol. The van der Waals surface area contributed by atoms with Crippen LogP contribution in [0.5, 0.6) is 5.75 Å². The molecule has 0 radical (unpaired) electrons. The Morgan fingerprint density at radius 1 is 1.10 bits per heavy atom. The Hall–Kier alpha value is -3.68. The molecule has 2 saturated carbocycles. The number of amides is 2. The molecular weight excluding hydrogens is 382 g/mol. The molecule has 2 fully saturated rings. The lowest BCUT2D eigenvalue weighted by Crippen LogP contribution is -2.32. The van der Waals surface area contributed by atoms with Crippen molar-refractivity contribution >= 4 is 17.6 Å². The Labute approximate surface area is 172 Å². The summed E-state index contributed by atoms with van der Waals surface area (Å²) in [4.78, 5) is 28.8. The zero-order valence-corrected chi connectivity index (χ0v) is 16.2. The molecule has 2 aliphatic carbocycles. The maximum absolute atomic E-state index is 12.6. The van der Waals surface area contributed by atoms with Gasteiger partial charge in [0.05, 0.1) is 17.0 Å². The third-order valence-electron chi connectivity index (χ3n) is 5.29. The molecule has 8 nitrogen and oxygen atoms in total. The van der Waals surface area contributed by atoms with Crippen LogP contribution in [0.15, 0.2) is 48.8 Å². The summed E-state index contributed by atoms with van der Waals surface area (Å²) in [5.74, 6) is -0.00253. The minimum Gasteiger partial charge on any atom is -0.507 e. The van der Waals surface area contributed by atoms with E-state index in [2.05, 4.69) is 20.7 Å². The highest BCUT2D eigenvalue weighted by Gasteiger charge is 2.32. The van der Waals surface area contributed by atoms with E-state index in [1.807, 2.05) is 6.07 Å². The average Bonchev–Trinajstić information content (AvgIpc) is 3.68. The standard InChI is InChI=1S/C22H21N5O3/c28-20-10-16(24-21(29)14-2-1-9-23-12-14)7-8-17(20)18-11-19(13-3-4-13)27(26-18)22(30)25-15-5-6-15/h1-2,7-13,15,28H,3-6H2,(H,24,29)(H,25,30). The van der Waals surface area contributed by atoms with E-state index in [-0.39, 0.29) is 23.7 Å². The molecule has 3 N–H and O–H groups in total. The lowest BCUT2D eigenvalue weighted by molar-refractivity contribution is 0.102. The Morgan fingerprint density at radius 3 is 2.60 bits per heavy atom. The van der Waals surface area contributed by atoms with Crippen LogP contribution in [0.2, 0.25) is 0 Å². The normalized spacial score (nSPS) is 15.6. The molecule has 5 rings (SSSR count). The van der Waals surface area contributed by atoms with E-state index in [4.69, 9.17) is 0 Å². The molecule has 0 atom stereocenters. The van der Waals surface area contributed by atoms with Crippen LogP contribution in [0.1, 0.15) is 47.7 Å². The van der Waals surface area contributed by atoms with Crippen molar-refractivity contribution in [2.75, 3.05) is 5.32 Å².